The highest BCUT2D eigenvalue weighted by molar-refractivity contribution is 6.33. The van der Waals surface area contributed by atoms with Crippen molar-refractivity contribution in [2.24, 2.45) is 11.3 Å². The average Bonchev–Trinajstić information content (AvgIpc) is 2.68. The summed E-state index contributed by atoms with van der Waals surface area (Å²) >= 11 is 6.39. The molecule has 1 aliphatic heterocycles. The fraction of sp³-hybridized carbons (Fsp3) is 0.500. The van der Waals surface area contributed by atoms with Gasteiger partial charge in [-0.05, 0) is 37.0 Å². The van der Waals surface area contributed by atoms with Crippen LogP contribution in [0.25, 0.3) is 11.3 Å². The molecule has 1 saturated heterocycles. The number of Topliss-reactive ketones (excluding diaryl/α,β-unsaturated/α-hetero) is 1. The Bertz CT molecular complexity index is 827. The van der Waals surface area contributed by atoms with Gasteiger partial charge in [0.05, 0.1) is 10.7 Å². The molecule has 0 amide bonds. The molecule has 0 radical (unpaired) electrons. The Balaban J connectivity index is 1.75. The number of hydrogen-bond acceptors (Lipinski definition) is 5. The Morgan fingerprint density at radius 3 is 2.75 bits per heavy atom. The van der Waals surface area contributed by atoms with E-state index in [2.05, 4.69) is 10.3 Å². The molecule has 3 rings (SSSR count). The molecule has 1 fully saturated rings. The minimum Gasteiger partial charge on any atom is -0.381 e. The molecule has 0 atom stereocenters. The van der Waals surface area contributed by atoms with Crippen molar-refractivity contribution < 1.29 is 9.53 Å². The molecule has 28 heavy (non-hydrogen) atoms. The van der Waals surface area contributed by atoms with Crippen molar-refractivity contribution in [3.63, 3.8) is 0 Å². The van der Waals surface area contributed by atoms with Crippen LogP contribution in [0.5, 0.6) is 0 Å². The first kappa shape index (κ1) is 20.7. The summed E-state index contributed by atoms with van der Waals surface area (Å²) in [6.07, 6.45) is 4.05. The summed E-state index contributed by atoms with van der Waals surface area (Å²) in [5.41, 5.74) is 1.88. The van der Waals surface area contributed by atoms with Crippen LogP contribution in [0.1, 0.15) is 39.3 Å². The highest BCUT2D eigenvalue weighted by atomic mass is 35.5. The number of halogens is 1. The van der Waals surface area contributed by atoms with E-state index in [0.29, 0.717) is 16.6 Å². The summed E-state index contributed by atoms with van der Waals surface area (Å²) in [5, 5.41) is 3.96. The lowest BCUT2D eigenvalue weighted by Crippen LogP contribution is -2.23. The number of ketones is 1. The first-order valence-corrected chi connectivity index (χ1v) is 10.2. The lowest BCUT2D eigenvalue weighted by Gasteiger charge is -2.22. The van der Waals surface area contributed by atoms with Gasteiger partial charge in [0, 0.05) is 49.0 Å². The summed E-state index contributed by atoms with van der Waals surface area (Å²) in [4.78, 5) is 21.4. The van der Waals surface area contributed by atoms with Gasteiger partial charge in [0.25, 0.3) is 0 Å². The van der Waals surface area contributed by atoms with Gasteiger partial charge in [-0.3, -0.25) is 9.78 Å². The largest absolute Gasteiger partial charge is 0.381 e. The number of anilines is 1. The topological polar surface area (TPSA) is 64.1 Å². The molecule has 0 unspecified atom stereocenters. The Labute approximate surface area is 171 Å². The van der Waals surface area contributed by atoms with Crippen LogP contribution in [-0.2, 0) is 16.0 Å². The second-order valence-electron chi connectivity index (χ2n) is 8.35. The first-order chi connectivity index (χ1) is 13.3. The SMILES string of the molecule is CC(C)(C)C(=O)Cc1cc(-c2cccc(NCC3CCOCC3)n2)c(Cl)cn1. The zero-order valence-corrected chi connectivity index (χ0v) is 17.6. The van der Waals surface area contributed by atoms with E-state index in [4.69, 9.17) is 21.3 Å². The van der Waals surface area contributed by atoms with E-state index in [0.717, 1.165) is 49.7 Å². The smallest absolute Gasteiger partial charge is 0.144 e. The van der Waals surface area contributed by atoms with E-state index in [9.17, 15) is 4.79 Å². The first-order valence-electron chi connectivity index (χ1n) is 9.79. The molecular formula is C22H28ClN3O2. The van der Waals surface area contributed by atoms with E-state index in [-0.39, 0.29) is 12.2 Å². The molecule has 1 N–H and O–H groups in total. The third-order valence-electron chi connectivity index (χ3n) is 5.03. The van der Waals surface area contributed by atoms with E-state index in [1.54, 1.807) is 6.20 Å². The fourth-order valence-electron chi connectivity index (χ4n) is 3.09. The molecule has 0 aliphatic carbocycles. The van der Waals surface area contributed by atoms with E-state index in [1.165, 1.54) is 0 Å². The van der Waals surface area contributed by atoms with E-state index in [1.807, 2.05) is 45.0 Å². The van der Waals surface area contributed by atoms with Gasteiger partial charge in [0.15, 0.2) is 0 Å². The van der Waals surface area contributed by atoms with Gasteiger partial charge >= 0.3 is 0 Å². The van der Waals surface area contributed by atoms with Gasteiger partial charge in [-0.2, -0.15) is 0 Å². The summed E-state index contributed by atoms with van der Waals surface area (Å²) in [6.45, 7) is 8.31. The quantitative estimate of drug-likeness (QED) is 0.753. The average molecular weight is 402 g/mol. The molecule has 6 heteroatoms. The van der Waals surface area contributed by atoms with Crippen LogP contribution in [0.2, 0.25) is 5.02 Å². The molecule has 2 aromatic heterocycles. The molecule has 3 heterocycles. The maximum Gasteiger partial charge on any atom is 0.144 e. The zero-order valence-electron chi connectivity index (χ0n) is 16.8. The van der Waals surface area contributed by atoms with Crippen molar-refractivity contribution in [1.82, 2.24) is 9.97 Å². The highest BCUT2D eigenvalue weighted by Gasteiger charge is 2.22. The second kappa shape index (κ2) is 9.01. The number of carbonyl (C=O) groups is 1. The molecule has 0 aromatic carbocycles. The van der Waals surface area contributed by atoms with Gasteiger partial charge < -0.3 is 10.1 Å². The van der Waals surface area contributed by atoms with Crippen molar-refractivity contribution in [3.05, 3.63) is 41.2 Å². The van der Waals surface area contributed by atoms with Crippen LogP contribution in [0.3, 0.4) is 0 Å². The lowest BCUT2D eigenvalue weighted by atomic mass is 9.88. The Morgan fingerprint density at radius 1 is 1.29 bits per heavy atom. The normalized spacial score (nSPS) is 15.4. The monoisotopic (exact) mass is 401 g/mol. The summed E-state index contributed by atoms with van der Waals surface area (Å²) in [5.74, 6) is 1.58. The molecule has 5 nitrogen and oxygen atoms in total. The van der Waals surface area contributed by atoms with Crippen LogP contribution >= 0.6 is 11.6 Å². The van der Waals surface area contributed by atoms with Crippen molar-refractivity contribution in [1.29, 1.82) is 0 Å². The van der Waals surface area contributed by atoms with Crippen LogP contribution in [0.4, 0.5) is 5.82 Å². The Morgan fingerprint density at radius 2 is 2.04 bits per heavy atom. The molecular weight excluding hydrogens is 374 g/mol. The Kier molecular flexibility index (Phi) is 6.68. The lowest BCUT2D eigenvalue weighted by molar-refractivity contribution is -0.125. The predicted molar refractivity (Wildman–Crippen MR) is 113 cm³/mol. The molecule has 1 aliphatic rings. The number of nitrogens with zero attached hydrogens (tertiary/aromatic N) is 2. The molecule has 0 spiro atoms. The van der Waals surface area contributed by atoms with Gasteiger partial charge in [0.2, 0.25) is 0 Å². The number of rotatable bonds is 6. The molecule has 2 aromatic rings. The molecule has 0 saturated carbocycles. The van der Waals surface area contributed by atoms with Crippen molar-refractivity contribution in [2.75, 3.05) is 25.1 Å². The molecule has 150 valence electrons. The summed E-state index contributed by atoms with van der Waals surface area (Å²) in [6, 6.07) is 7.72. The third kappa shape index (κ3) is 5.52. The number of hydrogen-bond donors (Lipinski definition) is 1. The van der Waals surface area contributed by atoms with Crippen molar-refractivity contribution >= 4 is 23.2 Å². The summed E-state index contributed by atoms with van der Waals surface area (Å²) in [7, 11) is 0. The maximum atomic E-state index is 12.3. The van der Waals surface area contributed by atoms with Crippen LogP contribution in [-0.4, -0.2) is 35.5 Å². The number of carbonyl (C=O) groups excluding carboxylic acids is 1. The van der Waals surface area contributed by atoms with Crippen molar-refractivity contribution in [3.8, 4) is 11.3 Å². The van der Waals surface area contributed by atoms with Gasteiger partial charge in [0.1, 0.15) is 11.6 Å². The number of pyridine rings is 2. The van der Waals surface area contributed by atoms with Gasteiger partial charge in [-0.1, -0.05) is 38.4 Å². The van der Waals surface area contributed by atoms with Gasteiger partial charge in [-0.25, -0.2) is 4.98 Å². The van der Waals surface area contributed by atoms with Crippen LogP contribution in [0.15, 0.2) is 30.5 Å². The van der Waals surface area contributed by atoms with E-state index >= 15 is 0 Å². The van der Waals surface area contributed by atoms with Crippen LogP contribution < -0.4 is 5.32 Å². The number of aromatic nitrogens is 2. The standard InChI is InChI=1S/C22H28ClN3O2/c1-22(2,3)20(27)12-16-11-17(18(23)14-24-16)19-5-4-6-21(26-19)25-13-15-7-9-28-10-8-15/h4-6,11,14-15H,7-10,12-13H2,1-3H3,(H,25,26). The van der Waals surface area contributed by atoms with E-state index < -0.39 is 5.41 Å². The van der Waals surface area contributed by atoms with Crippen molar-refractivity contribution in [2.45, 2.75) is 40.0 Å². The highest BCUT2D eigenvalue weighted by Crippen LogP contribution is 2.28. The number of ether oxygens (including phenoxy) is 1. The van der Waals surface area contributed by atoms with Crippen LogP contribution in [0, 0.1) is 11.3 Å². The molecule has 0 bridgehead atoms. The fourth-order valence-corrected chi connectivity index (χ4v) is 3.29. The van der Waals surface area contributed by atoms with Gasteiger partial charge in [-0.15, -0.1) is 0 Å². The minimum atomic E-state index is -0.395. The predicted octanol–water partition coefficient (Wildman–Crippen LogP) is 4.79. The number of nitrogens with one attached hydrogen (secondary N) is 1. The zero-order chi connectivity index (χ0) is 20.1. The summed E-state index contributed by atoms with van der Waals surface area (Å²) < 4.78 is 5.41. The Hall–Kier alpha value is -1.98. The minimum absolute atomic E-state index is 0.146. The maximum absolute atomic E-state index is 12.3. The second-order valence-corrected chi connectivity index (χ2v) is 8.76. The third-order valence-corrected chi connectivity index (χ3v) is 5.33.